The molecule has 30 heavy (non-hydrogen) atoms. The predicted molar refractivity (Wildman–Crippen MR) is 120 cm³/mol. The Labute approximate surface area is 185 Å². The van der Waals surface area contributed by atoms with Gasteiger partial charge in [-0.3, -0.25) is 9.69 Å². The highest BCUT2D eigenvalue weighted by atomic mass is 35.5. The van der Waals surface area contributed by atoms with Crippen LogP contribution in [0.4, 0.5) is 5.69 Å². The van der Waals surface area contributed by atoms with Gasteiger partial charge in [0.2, 0.25) is 0 Å². The molecule has 1 aromatic carbocycles. The molecule has 0 aliphatic carbocycles. The molecule has 158 valence electrons. The van der Waals surface area contributed by atoms with Crippen molar-refractivity contribution in [2.45, 2.75) is 26.3 Å². The second kappa shape index (κ2) is 8.84. The lowest BCUT2D eigenvalue weighted by Gasteiger charge is -2.30. The average Bonchev–Trinajstić information content (AvgIpc) is 3.08. The number of nitrogen functional groups attached to an aromatic ring is 1. The van der Waals surface area contributed by atoms with Gasteiger partial charge < -0.3 is 14.9 Å². The van der Waals surface area contributed by atoms with E-state index in [1.54, 1.807) is 6.07 Å². The first-order chi connectivity index (χ1) is 14.5. The second-order valence-electron chi connectivity index (χ2n) is 7.53. The number of ether oxygens (including phenoxy) is 1. The van der Waals surface area contributed by atoms with Gasteiger partial charge in [-0.15, -0.1) is 0 Å². The van der Waals surface area contributed by atoms with Crippen LogP contribution in [-0.2, 0) is 16.1 Å². The Morgan fingerprint density at radius 1 is 1.20 bits per heavy atom. The van der Waals surface area contributed by atoms with Crippen molar-refractivity contribution in [1.82, 2.24) is 14.3 Å². The number of likely N-dealkylation sites (tertiary alicyclic amines) is 1. The smallest absolute Gasteiger partial charge is 0.309 e. The van der Waals surface area contributed by atoms with Gasteiger partial charge >= 0.3 is 5.97 Å². The Bertz CT molecular complexity index is 1070. The first-order valence-electron chi connectivity index (χ1n) is 10.1. The zero-order valence-corrected chi connectivity index (χ0v) is 18.3. The van der Waals surface area contributed by atoms with Crippen molar-refractivity contribution < 1.29 is 9.53 Å². The number of anilines is 1. The van der Waals surface area contributed by atoms with Gasteiger partial charge in [-0.25, -0.2) is 4.98 Å². The summed E-state index contributed by atoms with van der Waals surface area (Å²) in [6.45, 7) is 4.60. The third-order valence-corrected chi connectivity index (χ3v) is 6.25. The highest BCUT2D eigenvalue weighted by Crippen LogP contribution is 2.32. The molecule has 8 heteroatoms. The number of fused-ring (bicyclic) bond motifs is 1. The maximum absolute atomic E-state index is 12.0. The van der Waals surface area contributed by atoms with Crippen LogP contribution in [-0.4, -0.2) is 40.0 Å². The summed E-state index contributed by atoms with van der Waals surface area (Å²) in [5, 5.41) is 1.00. The van der Waals surface area contributed by atoms with E-state index < -0.39 is 0 Å². The summed E-state index contributed by atoms with van der Waals surface area (Å²) in [7, 11) is 0. The molecule has 1 aliphatic rings. The van der Waals surface area contributed by atoms with Crippen molar-refractivity contribution in [2.75, 3.05) is 25.4 Å². The summed E-state index contributed by atoms with van der Waals surface area (Å²) in [4.78, 5) is 19.2. The van der Waals surface area contributed by atoms with Gasteiger partial charge in [0.15, 0.2) is 0 Å². The van der Waals surface area contributed by atoms with Crippen LogP contribution in [0.25, 0.3) is 16.9 Å². The molecule has 1 fully saturated rings. The number of pyridine rings is 1. The molecule has 0 saturated carbocycles. The minimum absolute atomic E-state index is 0.0198. The highest BCUT2D eigenvalue weighted by molar-refractivity contribution is 6.42. The molecule has 0 bridgehead atoms. The van der Waals surface area contributed by atoms with E-state index in [0.29, 0.717) is 28.9 Å². The zero-order valence-electron chi connectivity index (χ0n) is 16.8. The number of esters is 1. The molecule has 0 unspecified atom stereocenters. The van der Waals surface area contributed by atoms with Crippen molar-refractivity contribution in [3.63, 3.8) is 0 Å². The standard InChI is InChI=1S/C22H24Cl2N4O2/c1-2-30-22(29)14-7-9-27(10-8-14)13-19-21(15-3-5-17(23)18(24)11-15)26-20-6-4-16(25)12-28(19)20/h3-6,11-12,14H,2,7-10,13,25H2,1H3. The number of rotatable bonds is 5. The van der Waals surface area contributed by atoms with Crippen LogP contribution in [0, 0.1) is 5.92 Å². The topological polar surface area (TPSA) is 72.9 Å². The molecular formula is C22H24Cl2N4O2. The highest BCUT2D eigenvalue weighted by Gasteiger charge is 2.27. The number of imidazole rings is 1. The molecule has 1 aliphatic heterocycles. The fourth-order valence-corrected chi connectivity index (χ4v) is 4.23. The van der Waals surface area contributed by atoms with Crippen molar-refractivity contribution in [3.05, 3.63) is 52.3 Å². The van der Waals surface area contributed by atoms with Crippen LogP contribution >= 0.6 is 23.2 Å². The minimum atomic E-state index is -0.0868. The SMILES string of the molecule is CCOC(=O)C1CCN(Cc2c(-c3ccc(Cl)c(Cl)c3)nc3ccc(N)cn23)CC1. The van der Waals surface area contributed by atoms with Crippen LogP contribution in [0.3, 0.4) is 0 Å². The van der Waals surface area contributed by atoms with Crippen LogP contribution in [0.1, 0.15) is 25.5 Å². The largest absolute Gasteiger partial charge is 0.466 e. The Morgan fingerprint density at radius 2 is 1.97 bits per heavy atom. The molecule has 0 radical (unpaired) electrons. The van der Waals surface area contributed by atoms with E-state index >= 15 is 0 Å². The molecule has 0 amide bonds. The van der Waals surface area contributed by atoms with Gasteiger partial charge in [-0.2, -0.15) is 0 Å². The van der Waals surface area contributed by atoms with Gasteiger partial charge in [0.1, 0.15) is 5.65 Å². The zero-order chi connectivity index (χ0) is 21.3. The van der Waals surface area contributed by atoms with Gasteiger partial charge in [-0.05, 0) is 57.1 Å². The van der Waals surface area contributed by atoms with E-state index in [4.69, 9.17) is 38.7 Å². The van der Waals surface area contributed by atoms with Gasteiger partial charge in [-0.1, -0.05) is 29.3 Å². The van der Waals surface area contributed by atoms with Crippen molar-refractivity contribution in [1.29, 1.82) is 0 Å². The molecule has 6 nitrogen and oxygen atoms in total. The fraction of sp³-hybridized carbons (Fsp3) is 0.364. The number of halogens is 2. The van der Waals surface area contributed by atoms with E-state index in [1.807, 2.05) is 41.8 Å². The summed E-state index contributed by atoms with van der Waals surface area (Å²) in [6.07, 6.45) is 3.48. The number of benzene rings is 1. The molecule has 3 heterocycles. The lowest BCUT2D eigenvalue weighted by Crippen LogP contribution is -2.36. The maximum atomic E-state index is 12.0. The number of nitrogens with two attached hydrogens (primary N) is 1. The third kappa shape index (κ3) is 4.26. The molecule has 2 N–H and O–H groups in total. The number of piperidine rings is 1. The second-order valence-corrected chi connectivity index (χ2v) is 8.34. The Morgan fingerprint density at radius 3 is 2.67 bits per heavy atom. The maximum Gasteiger partial charge on any atom is 0.309 e. The molecule has 4 rings (SSSR count). The summed E-state index contributed by atoms with van der Waals surface area (Å²) in [6, 6.07) is 9.30. The lowest BCUT2D eigenvalue weighted by molar-refractivity contribution is -0.149. The quantitative estimate of drug-likeness (QED) is 0.576. The van der Waals surface area contributed by atoms with E-state index in [0.717, 1.165) is 48.5 Å². The predicted octanol–water partition coefficient (Wildman–Crippen LogP) is 4.67. The number of hydrogen-bond donors (Lipinski definition) is 1. The van der Waals surface area contributed by atoms with Crippen molar-refractivity contribution in [2.24, 2.45) is 5.92 Å². The number of carbonyl (C=O) groups excluding carboxylic acids is 1. The number of hydrogen-bond acceptors (Lipinski definition) is 5. The number of carbonyl (C=O) groups is 1. The first kappa shape index (κ1) is 21.0. The molecule has 2 aromatic heterocycles. The molecule has 0 atom stereocenters. The third-order valence-electron chi connectivity index (χ3n) is 5.51. The van der Waals surface area contributed by atoms with Gasteiger partial charge in [0.25, 0.3) is 0 Å². The van der Waals surface area contributed by atoms with Gasteiger partial charge in [0.05, 0.1) is 34.0 Å². The summed E-state index contributed by atoms with van der Waals surface area (Å²) < 4.78 is 7.21. The van der Waals surface area contributed by atoms with Crippen molar-refractivity contribution in [3.8, 4) is 11.3 Å². The average molecular weight is 447 g/mol. The number of nitrogens with zero attached hydrogens (tertiary/aromatic N) is 3. The van der Waals surface area contributed by atoms with Crippen LogP contribution < -0.4 is 5.73 Å². The Balaban J connectivity index is 1.63. The molecule has 1 saturated heterocycles. The first-order valence-corrected chi connectivity index (χ1v) is 10.8. The Kier molecular flexibility index (Phi) is 6.18. The van der Waals surface area contributed by atoms with Gasteiger partial charge in [0, 0.05) is 24.0 Å². The molecule has 0 spiro atoms. The number of aromatic nitrogens is 2. The molecule has 3 aromatic rings. The van der Waals surface area contributed by atoms with Crippen LogP contribution in [0.5, 0.6) is 0 Å². The van der Waals surface area contributed by atoms with Crippen LogP contribution in [0.15, 0.2) is 36.5 Å². The minimum Gasteiger partial charge on any atom is -0.466 e. The summed E-state index contributed by atoms with van der Waals surface area (Å²) in [5.74, 6) is -0.107. The van der Waals surface area contributed by atoms with E-state index in [9.17, 15) is 4.79 Å². The monoisotopic (exact) mass is 446 g/mol. The van der Waals surface area contributed by atoms with E-state index in [2.05, 4.69) is 4.90 Å². The van der Waals surface area contributed by atoms with Crippen LogP contribution in [0.2, 0.25) is 10.0 Å². The van der Waals surface area contributed by atoms with E-state index in [1.165, 1.54) is 0 Å². The molecular weight excluding hydrogens is 423 g/mol. The fourth-order valence-electron chi connectivity index (χ4n) is 3.93. The summed E-state index contributed by atoms with van der Waals surface area (Å²) >= 11 is 12.4. The van der Waals surface area contributed by atoms with E-state index in [-0.39, 0.29) is 11.9 Å². The summed E-state index contributed by atoms with van der Waals surface area (Å²) in [5.41, 5.74) is 10.3. The lowest BCUT2D eigenvalue weighted by atomic mass is 9.96. The Hall–Kier alpha value is -2.28. The normalized spacial score (nSPS) is 15.6. The van der Waals surface area contributed by atoms with Crippen molar-refractivity contribution >= 4 is 40.5 Å².